The van der Waals surface area contributed by atoms with E-state index in [1.54, 1.807) is 0 Å². The summed E-state index contributed by atoms with van der Waals surface area (Å²) in [6.07, 6.45) is -8.93. The number of benzene rings is 1. The number of aromatic nitrogens is 2. The summed E-state index contributed by atoms with van der Waals surface area (Å²) in [4.78, 5) is 24.0. The standard InChI is InChI=1S/C16H15F4N3O4/c1-7-11(8(2)23-22-7)12(14(25)26)21-13(24)9-5-3-4-6-10(9)27-16(19,20)15(17)18/h3-6,12,15H,1-2H3,(H,21,24)(H,22,23)(H,25,26). The van der Waals surface area contributed by atoms with E-state index in [0.29, 0.717) is 11.4 Å². The Morgan fingerprint density at radius 2 is 1.89 bits per heavy atom. The highest BCUT2D eigenvalue weighted by Gasteiger charge is 2.44. The maximum atomic E-state index is 13.2. The predicted molar refractivity (Wildman–Crippen MR) is 83.9 cm³/mol. The normalized spacial score (nSPS) is 12.7. The number of H-pyrrole nitrogens is 1. The van der Waals surface area contributed by atoms with Crippen LogP contribution in [-0.4, -0.2) is 39.7 Å². The molecule has 1 heterocycles. The zero-order valence-corrected chi connectivity index (χ0v) is 14.1. The van der Waals surface area contributed by atoms with Gasteiger partial charge in [-0.25, -0.2) is 4.79 Å². The van der Waals surface area contributed by atoms with Gasteiger partial charge in [-0.3, -0.25) is 9.89 Å². The number of aryl methyl sites for hydroxylation is 2. The highest BCUT2D eigenvalue weighted by molar-refractivity contribution is 5.99. The molecule has 0 fully saturated rings. The van der Waals surface area contributed by atoms with Crippen molar-refractivity contribution in [3.05, 3.63) is 46.8 Å². The Labute approximate surface area is 150 Å². The van der Waals surface area contributed by atoms with Gasteiger partial charge in [-0.1, -0.05) is 12.1 Å². The average Bonchev–Trinajstić information content (AvgIpc) is 2.91. The second kappa shape index (κ2) is 7.64. The van der Waals surface area contributed by atoms with Crippen molar-refractivity contribution in [2.45, 2.75) is 32.4 Å². The van der Waals surface area contributed by atoms with E-state index >= 15 is 0 Å². The van der Waals surface area contributed by atoms with Gasteiger partial charge >= 0.3 is 18.5 Å². The first-order valence-corrected chi connectivity index (χ1v) is 7.53. The Kier molecular flexibility index (Phi) is 5.72. The van der Waals surface area contributed by atoms with Gasteiger partial charge in [-0.05, 0) is 26.0 Å². The van der Waals surface area contributed by atoms with Crippen LogP contribution in [0, 0.1) is 13.8 Å². The number of alkyl halides is 4. The molecular weight excluding hydrogens is 374 g/mol. The molecule has 0 radical (unpaired) electrons. The van der Waals surface area contributed by atoms with E-state index in [-0.39, 0.29) is 5.56 Å². The summed E-state index contributed by atoms with van der Waals surface area (Å²) in [5, 5.41) is 18.0. The van der Waals surface area contributed by atoms with Crippen LogP contribution in [0.4, 0.5) is 17.6 Å². The maximum Gasteiger partial charge on any atom is 0.461 e. The fourth-order valence-corrected chi connectivity index (χ4v) is 2.39. The zero-order chi connectivity index (χ0) is 20.4. The van der Waals surface area contributed by atoms with Crippen LogP contribution in [0.3, 0.4) is 0 Å². The second-order valence-corrected chi connectivity index (χ2v) is 5.55. The van der Waals surface area contributed by atoms with Gasteiger partial charge in [0.1, 0.15) is 5.75 Å². The van der Waals surface area contributed by atoms with Crippen LogP contribution in [0.5, 0.6) is 5.75 Å². The number of halogens is 4. The monoisotopic (exact) mass is 389 g/mol. The summed E-state index contributed by atoms with van der Waals surface area (Å²) in [6, 6.07) is 2.88. The van der Waals surface area contributed by atoms with Gasteiger partial charge in [0.25, 0.3) is 5.91 Å². The van der Waals surface area contributed by atoms with Crippen molar-refractivity contribution >= 4 is 11.9 Å². The van der Waals surface area contributed by atoms with E-state index < -0.39 is 41.8 Å². The van der Waals surface area contributed by atoms with Crippen LogP contribution in [0.2, 0.25) is 0 Å². The summed E-state index contributed by atoms with van der Waals surface area (Å²) in [7, 11) is 0. The molecule has 7 nitrogen and oxygen atoms in total. The fourth-order valence-electron chi connectivity index (χ4n) is 2.39. The first-order chi connectivity index (χ1) is 12.5. The molecule has 1 atom stereocenters. The third-order valence-corrected chi connectivity index (χ3v) is 3.63. The minimum Gasteiger partial charge on any atom is -0.479 e. The van der Waals surface area contributed by atoms with Crippen LogP contribution in [-0.2, 0) is 4.79 Å². The topological polar surface area (TPSA) is 104 Å². The van der Waals surface area contributed by atoms with E-state index in [1.165, 1.54) is 26.0 Å². The molecule has 0 spiro atoms. The smallest absolute Gasteiger partial charge is 0.461 e. The molecule has 0 bridgehead atoms. The molecular formula is C16H15F4N3O4. The van der Waals surface area contributed by atoms with Gasteiger partial charge in [0.2, 0.25) is 0 Å². The molecule has 0 saturated heterocycles. The van der Waals surface area contributed by atoms with Gasteiger partial charge in [-0.15, -0.1) is 0 Å². The van der Waals surface area contributed by atoms with Crippen LogP contribution in [0.15, 0.2) is 24.3 Å². The largest absolute Gasteiger partial charge is 0.479 e. The third-order valence-electron chi connectivity index (χ3n) is 3.63. The molecule has 27 heavy (non-hydrogen) atoms. The number of nitrogens with one attached hydrogen (secondary N) is 2. The lowest BCUT2D eigenvalue weighted by Gasteiger charge is -2.20. The van der Waals surface area contributed by atoms with Gasteiger partial charge in [-0.2, -0.15) is 22.7 Å². The molecule has 1 aromatic carbocycles. The van der Waals surface area contributed by atoms with Gasteiger partial charge < -0.3 is 15.2 Å². The van der Waals surface area contributed by atoms with Crippen molar-refractivity contribution in [2.24, 2.45) is 0 Å². The summed E-state index contributed by atoms with van der Waals surface area (Å²) < 4.78 is 55.1. The van der Waals surface area contributed by atoms with E-state index in [0.717, 1.165) is 12.1 Å². The lowest BCUT2D eigenvalue weighted by molar-refractivity contribution is -0.253. The Balaban J connectivity index is 2.34. The van der Waals surface area contributed by atoms with E-state index in [2.05, 4.69) is 20.3 Å². The maximum absolute atomic E-state index is 13.2. The summed E-state index contributed by atoms with van der Waals surface area (Å²) >= 11 is 0. The van der Waals surface area contributed by atoms with Crippen LogP contribution in [0.25, 0.3) is 0 Å². The van der Waals surface area contributed by atoms with Crippen LogP contribution >= 0.6 is 0 Å². The molecule has 0 saturated carbocycles. The summed E-state index contributed by atoms with van der Waals surface area (Å²) in [5.41, 5.74) is 0.359. The number of carboxylic acid groups (broad SMARTS) is 1. The average molecular weight is 389 g/mol. The second-order valence-electron chi connectivity index (χ2n) is 5.55. The van der Waals surface area contributed by atoms with E-state index in [9.17, 15) is 32.3 Å². The Morgan fingerprint density at radius 1 is 1.26 bits per heavy atom. The summed E-state index contributed by atoms with van der Waals surface area (Å²) in [6.45, 7) is 3.05. The molecule has 0 aliphatic carbocycles. The lowest BCUT2D eigenvalue weighted by atomic mass is 10.0. The Hall–Kier alpha value is -3.11. The number of nitrogens with zero attached hydrogens (tertiary/aromatic N) is 1. The van der Waals surface area contributed by atoms with E-state index in [1.807, 2.05) is 0 Å². The number of aliphatic carboxylic acids is 1. The Morgan fingerprint density at radius 3 is 2.41 bits per heavy atom. The Bertz CT molecular complexity index is 834. The number of aromatic amines is 1. The van der Waals surface area contributed by atoms with Crippen molar-refractivity contribution in [3.8, 4) is 5.75 Å². The van der Waals surface area contributed by atoms with Crippen LogP contribution < -0.4 is 10.1 Å². The number of amides is 1. The minimum atomic E-state index is -4.82. The first-order valence-electron chi connectivity index (χ1n) is 7.53. The van der Waals surface area contributed by atoms with Crippen molar-refractivity contribution in [3.63, 3.8) is 0 Å². The molecule has 0 aliphatic rings. The number of hydrogen-bond donors (Lipinski definition) is 3. The van der Waals surface area contributed by atoms with Crippen molar-refractivity contribution in [1.29, 1.82) is 0 Å². The lowest BCUT2D eigenvalue weighted by Crippen LogP contribution is -2.36. The summed E-state index contributed by atoms with van der Waals surface area (Å²) in [5.74, 6) is -3.33. The van der Waals surface area contributed by atoms with Crippen molar-refractivity contribution < 1.29 is 37.0 Å². The minimum absolute atomic E-state index is 0.187. The van der Waals surface area contributed by atoms with Crippen molar-refractivity contribution in [1.82, 2.24) is 15.5 Å². The predicted octanol–water partition coefficient (Wildman–Crippen LogP) is 2.82. The first kappa shape index (κ1) is 20.2. The van der Waals surface area contributed by atoms with Gasteiger partial charge in [0.05, 0.1) is 11.3 Å². The van der Waals surface area contributed by atoms with Crippen molar-refractivity contribution in [2.75, 3.05) is 0 Å². The molecule has 3 N–H and O–H groups in total. The molecule has 1 unspecified atom stereocenters. The number of ether oxygens (including phenoxy) is 1. The molecule has 146 valence electrons. The van der Waals surface area contributed by atoms with Crippen LogP contribution in [0.1, 0.15) is 33.4 Å². The van der Waals surface area contributed by atoms with Gasteiger partial charge in [0, 0.05) is 11.3 Å². The fraction of sp³-hybridized carbons (Fsp3) is 0.312. The molecule has 0 aliphatic heterocycles. The third kappa shape index (κ3) is 4.36. The zero-order valence-electron chi connectivity index (χ0n) is 14.1. The van der Waals surface area contributed by atoms with E-state index in [4.69, 9.17) is 0 Å². The molecule has 11 heteroatoms. The molecule has 1 aromatic heterocycles. The quantitative estimate of drug-likeness (QED) is 0.632. The number of carbonyl (C=O) groups excluding carboxylic acids is 1. The highest BCUT2D eigenvalue weighted by Crippen LogP contribution is 2.30. The number of carboxylic acids is 1. The highest BCUT2D eigenvalue weighted by atomic mass is 19.3. The number of hydrogen-bond acceptors (Lipinski definition) is 4. The molecule has 2 rings (SSSR count). The number of para-hydroxylation sites is 1. The SMILES string of the molecule is Cc1n[nH]c(C)c1C(NC(=O)c1ccccc1OC(F)(F)C(F)F)C(=O)O. The van der Waals surface area contributed by atoms with Gasteiger partial charge in [0.15, 0.2) is 6.04 Å². The number of carbonyl (C=O) groups is 2. The molecule has 1 amide bonds. The molecule has 2 aromatic rings. The number of rotatable bonds is 7.